The van der Waals surface area contributed by atoms with Crippen LogP contribution in [0.15, 0.2) is 6.07 Å². The van der Waals surface area contributed by atoms with Gasteiger partial charge in [-0.05, 0) is 32.8 Å². The van der Waals surface area contributed by atoms with Crippen LogP contribution in [0.25, 0.3) is 0 Å². The van der Waals surface area contributed by atoms with Crippen molar-refractivity contribution in [3.05, 3.63) is 17.5 Å². The van der Waals surface area contributed by atoms with Crippen LogP contribution >= 0.6 is 0 Å². The molecule has 3 rings (SSSR count). The number of rotatable bonds is 5. The number of morpholine rings is 1. The highest BCUT2D eigenvalue weighted by Gasteiger charge is 2.30. The summed E-state index contributed by atoms with van der Waals surface area (Å²) in [6.07, 6.45) is 2.40. The maximum Gasteiger partial charge on any atom is 0.271 e. The van der Waals surface area contributed by atoms with Crippen molar-refractivity contribution in [2.45, 2.75) is 38.1 Å². The van der Waals surface area contributed by atoms with Crippen LogP contribution in [-0.4, -0.2) is 59.4 Å². The highest BCUT2D eigenvalue weighted by Crippen LogP contribution is 2.38. The summed E-state index contributed by atoms with van der Waals surface area (Å²) in [6, 6.07) is 1.88. The van der Waals surface area contributed by atoms with Crippen molar-refractivity contribution in [2.24, 2.45) is 0 Å². The lowest BCUT2D eigenvalue weighted by molar-refractivity contribution is -0.00924. The summed E-state index contributed by atoms with van der Waals surface area (Å²) < 4.78 is 5.38. The van der Waals surface area contributed by atoms with Crippen molar-refractivity contribution in [3.8, 4) is 0 Å². The van der Waals surface area contributed by atoms with E-state index in [0.717, 1.165) is 32.0 Å². The predicted octanol–water partition coefficient (Wildman–Crippen LogP) is 1.13. The predicted molar refractivity (Wildman–Crippen MR) is 79.4 cm³/mol. The summed E-state index contributed by atoms with van der Waals surface area (Å²) in [5.41, 5.74) is 1.51. The Morgan fingerprint density at radius 2 is 2.19 bits per heavy atom. The lowest BCUT2D eigenvalue weighted by Gasteiger charge is -2.40. The topological polar surface area (TPSA) is 70.2 Å². The van der Waals surface area contributed by atoms with Crippen LogP contribution in [0.2, 0.25) is 0 Å². The molecule has 21 heavy (non-hydrogen) atoms. The van der Waals surface area contributed by atoms with Crippen LogP contribution in [0.3, 0.4) is 0 Å². The van der Waals surface area contributed by atoms with Gasteiger partial charge in [0.1, 0.15) is 5.69 Å². The van der Waals surface area contributed by atoms with E-state index in [1.807, 2.05) is 6.07 Å². The third kappa shape index (κ3) is 3.44. The Labute approximate surface area is 125 Å². The van der Waals surface area contributed by atoms with Crippen molar-refractivity contribution < 1.29 is 9.53 Å². The van der Waals surface area contributed by atoms with Crippen molar-refractivity contribution in [3.63, 3.8) is 0 Å². The van der Waals surface area contributed by atoms with Crippen LogP contribution in [-0.2, 0) is 4.74 Å². The molecule has 1 saturated carbocycles. The first-order chi connectivity index (χ1) is 10.1. The highest BCUT2D eigenvalue weighted by molar-refractivity contribution is 5.92. The number of carbonyl (C=O) groups excluding carboxylic acids is 1. The van der Waals surface area contributed by atoms with Gasteiger partial charge in [-0.3, -0.25) is 14.8 Å². The minimum Gasteiger partial charge on any atom is -0.379 e. The highest BCUT2D eigenvalue weighted by atomic mass is 16.5. The molecule has 1 saturated heterocycles. The van der Waals surface area contributed by atoms with Gasteiger partial charge in [0.05, 0.1) is 13.2 Å². The van der Waals surface area contributed by atoms with Crippen LogP contribution in [0.4, 0.5) is 0 Å². The van der Waals surface area contributed by atoms with Gasteiger partial charge in [-0.2, -0.15) is 5.10 Å². The minimum absolute atomic E-state index is 0.0743. The summed E-state index contributed by atoms with van der Waals surface area (Å²) >= 11 is 0. The number of nitrogens with zero attached hydrogens (tertiary/aromatic N) is 2. The van der Waals surface area contributed by atoms with Crippen LogP contribution in [0, 0.1) is 0 Å². The molecule has 0 aromatic carbocycles. The molecular formula is C15H24N4O2. The molecule has 1 aliphatic carbocycles. The summed E-state index contributed by atoms with van der Waals surface area (Å²) in [6.45, 7) is 8.27. The van der Waals surface area contributed by atoms with Crippen molar-refractivity contribution in [1.82, 2.24) is 20.4 Å². The Balaban J connectivity index is 1.53. The zero-order valence-electron chi connectivity index (χ0n) is 12.8. The summed E-state index contributed by atoms with van der Waals surface area (Å²) in [4.78, 5) is 14.6. The Bertz CT molecular complexity index is 502. The molecule has 1 aromatic rings. The minimum atomic E-state index is -0.0977. The van der Waals surface area contributed by atoms with E-state index in [9.17, 15) is 4.79 Å². The molecule has 2 N–H and O–H groups in total. The van der Waals surface area contributed by atoms with E-state index >= 15 is 0 Å². The molecule has 2 aliphatic rings. The van der Waals surface area contributed by atoms with Gasteiger partial charge in [0.25, 0.3) is 5.91 Å². The lowest BCUT2D eigenvalue weighted by atomic mass is 10.0. The molecule has 116 valence electrons. The van der Waals surface area contributed by atoms with Crippen molar-refractivity contribution in [1.29, 1.82) is 0 Å². The Kier molecular flexibility index (Phi) is 3.99. The van der Waals surface area contributed by atoms with Gasteiger partial charge in [0.2, 0.25) is 0 Å². The van der Waals surface area contributed by atoms with E-state index in [2.05, 4.69) is 34.3 Å². The Morgan fingerprint density at radius 1 is 1.48 bits per heavy atom. The molecule has 6 nitrogen and oxygen atoms in total. The van der Waals surface area contributed by atoms with E-state index in [-0.39, 0.29) is 11.4 Å². The first kappa shape index (κ1) is 14.5. The second kappa shape index (κ2) is 5.77. The zero-order valence-corrected chi connectivity index (χ0v) is 12.8. The smallest absolute Gasteiger partial charge is 0.271 e. The van der Waals surface area contributed by atoms with Crippen molar-refractivity contribution in [2.75, 3.05) is 32.8 Å². The third-order valence-corrected chi connectivity index (χ3v) is 4.40. The molecule has 6 heteroatoms. The van der Waals surface area contributed by atoms with Gasteiger partial charge in [0, 0.05) is 36.8 Å². The fourth-order valence-corrected chi connectivity index (χ4v) is 2.72. The molecule has 0 unspecified atom stereocenters. The summed E-state index contributed by atoms with van der Waals surface area (Å²) in [7, 11) is 0. The molecule has 1 aromatic heterocycles. The van der Waals surface area contributed by atoms with Gasteiger partial charge in [-0.1, -0.05) is 0 Å². The standard InChI is InChI=1S/C15H24N4O2/c1-15(2,19-5-7-21-8-6-19)10-16-14(20)13-9-12(17-18-13)11-3-4-11/h9,11H,3-8,10H2,1-2H3,(H,16,20)(H,17,18). The second-order valence-corrected chi connectivity index (χ2v) is 6.58. The summed E-state index contributed by atoms with van der Waals surface area (Å²) in [5.74, 6) is 0.489. The molecule has 2 heterocycles. The maximum absolute atomic E-state index is 12.2. The SMILES string of the molecule is CC(C)(CNC(=O)c1cc(C2CC2)[nH]n1)N1CCOCC1. The third-order valence-electron chi connectivity index (χ3n) is 4.40. The Morgan fingerprint density at radius 3 is 2.86 bits per heavy atom. The number of aromatic nitrogens is 2. The van der Waals surface area contributed by atoms with E-state index in [1.165, 1.54) is 12.8 Å². The average molecular weight is 292 g/mol. The normalized spacial score (nSPS) is 20.5. The first-order valence-corrected chi connectivity index (χ1v) is 7.72. The number of aromatic amines is 1. The number of nitrogens with one attached hydrogen (secondary N) is 2. The molecule has 2 fully saturated rings. The van der Waals surface area contributed by atoms with Crippen LogP contribution < -0.4 is 5.32 Å². The van der Waals surface area contributed by atoms with Gasteiger partial charge >= 0.3 is 0 Å². The molecule has 0 atom stereocenters. The number of hydrogen-bond donors (Lipinski definition) is 2. The number of ether oxygens (including phenoxy) is 1. The molecule has 0 spiro atoms. The van der Waals surface area contributed by atoms with E-state index in [1.54, 1.807) is 0 Å². The number of H-pyrrole nitrogens is 1. The Hall–Kier alpha value is -1.40. The number of amides is 1. The zero-order chi connectivity index (χ0) is 14.9. The quantitative estimate of drug-likeness (QED) is 0.853. The largest absolute Gasteiger partial charge is 0.379 e. The molecule has 0 radical (unpaired) electrons. The molecular weight excluding hydrogens is 268 g/mol. The number of hydrogen-bond acceptors (Lipinski definition) is 4. The van der Waals surface area contributed by atoms with E-state index < -0.39 is 0 Å². The van der Waals surface area contributed by atoms with Crippen LogP contribution in [0.1, 0.15) is 48.8 Å². The molecule has 1 amide bonds. The van der Waals surface area contributed by atoms with Crippen molar-refractivity contribution >= 4 is 5.91 Å². The van der Waals surface area contributed by atoms with Crippen LogP contribution in [0.5, 0.6) is 0 Å². The van der Waals surface area contributed by atoms with Gasteiger partial charge in [0.15, 0.2) is 0 Å². The van der Waals surface area contributed by atoms with E-state index in [4.69, 9.17) is 4.74 Å². The fraction of sp³-hybridized carbons (Fsp3) is 0.733. The molecule has 0 bridgehead atoms. The average Bonchev–Trinajstić information content (AvgIpc) is 3.23. The molecule has 1 aliphatic heterocycles. The van der Waals surface area contributed by atoms with Gasteiger partial charge < -0.3 is 10.1 Å². The second-order valence-electron chi connectivity index (χ2n) is 6.58. The van der Waals surface area contributed by atoms with Gasteiger partial charge in [-0.15, -0.1) is 0 Å². The summed E-state index contributed by atoms with van der Waals surface area (Å²) in [5, 5.41) is 10.1. The lowest BCUT2D eigenvalue weighted by Crippen LogP contribution is -2.55. The maximum atomic E-state index is 12.2. The van der Waals surface area contributed by atoms with E-state index in [0.29, 0.717) is 18.2 Å². The monoisotopic (exact) mass is 292 g/mol. The first-order valence-electron chi connectivity index (χ1n) is 7.72. The fourth-order valence-electron chi connectivity index (χ4n) is 2.72. The number of carbonyl (C=O) groups is 1. The van der Waals surface area contributed by atoms with Gasteiger partial charge in [-0.25, -0.2) is 0 Å².